The van der Waals surface area contributed by atoms with Crippen LogP contribution in [0.25, 0.3) is 15.9 Å². The van der Waals surface area contributed by atoms with Gasteiger partial charge < -0.3 is 19.4 Å². The zero-order valence-corrected chi connectivity index (χ0v) is 18.5. The van der Waals surface area contributed by atoms with Crippen LogP contribution in [0.3, 0.4) is 0 Å². The SMILES string of the molecule is [C-]#[N+]c1ccc2c(n1)c(N1C[C@@H](C)N(Cc3ccc(Cl)cc3O)C[C@@H]1C)cc(=O)n2C. The van der Waals surface area contributed by atoms with Crippen LogP contribution in [0.5, 0.6) is 5.75 Å². The number of hydrogen-bond donors (Lipinski definition) is 1. The molecule has 1 N–H and O–H groups in total. The molecular weight excluding hydrogens is 414 g/mol. The van der Waals surface area contributed by atoms with Gasteiger partial charge in [0.25, 0.3) is 11.4 Å². The highest BCUT2D eigenvalue weighted by molar-refractivity contribution is 6.30. The average molecular weight is 438 g/mol. The van der Waals surface area contributed by atoms with Crippen LogP contribution in [-0.2, 0) is 13.6 Å². The Morgan fingerprint density at radius 3 is 2.68 bits per heavy atom. The van der Waals surface area contributed by atoms with Crippen molar-refractivity contribution in [1.29, 1.82) is 0 Å². The fourth-order valence-corrected chi connectivity index (χ4v) is 4.39. The number of hydrogen-bond acceptors (Lipinski definition) is 5. The van der Waals surface area contributed by atoms with E-state index in [0.29, 0.717) is 35.0 Å². The Labute approximate surface area is 185 Å². The molecule has 4 rings (SSSR count). The highest BCUT2D eigenvalue weighted by Crippen LogP contribution is 2.31. The second-order valence-electron chi connectivity index (χ2n) is 8.13. The van der Waals surface area contributed by atoms with E-state index in [2.05, 4.69) is 33.5 Å². The molecule has 8 heteroatoms. The molecule has 3 heterocycles. The summed E-state index contributed by atoms with van der Waals surface area (Å²) in [5, 5.41) is 10.7. The lowest BCUT2D eigenvalue weighted by molar-refractivity contribution is 0.156. The van der Waals surface area contributed by atoms with E-state index in [0.717, 1.165) is 17.8 Å². The summed E-state index contributed by atoms with van der Waals surface area (Å²) in [7, 11) is 1.72. The summed E-state index contributed by atoms with van der Waals surface area (Å²) in [4.78, 5) is 25.1. The standard InChI is InChI=1S/C23H24ClN5O2/c1-14-12-29(15(2)11-28(14)13-16-5-6-17(24)9-20(16)30)19-10-22(31)27(4)18-7-8-21(25-3)26-23(18)19/h5-10,14-15,30H,11-13H2,1-2,4H3/t14-,15+/m1/s1. The molecule has 7 nitrogen and oxygen atoms in total. The van der Waals surface area contributed by atoms with Crippen LogP contribution in [0.1, 0.15) is 19.4 Å². The number of aromatic hydroxyl groups is 1. The number of piperazine rings is 1. The van der Waals surface area contributed by atoms with Gasteiger partial charge in [-0.1, -0.05) is 24.2 Å². The molecule has 1 fully saturated rings. The second kappa shape index (κ2) is 8.22. The van der Waals surface area contributed by atoms with Crippen LogP contribution in [-0.4, -0.2) is 44.7 Å². The average Bonchev–Trinajstić information content (AvgIpc) is 2.74. The summed E-state index contributed by atoms with van der Waals surface area (Å²) in [5.74, 6) is 0.508. The maximum atomic E-state index is 12.6. The van der Waals surface area contributed by atoms with Crippen molar-refractivity contribution in [3.8, 4) is 5.75 Å². The van der Waals surface area contributed by atoms with E-state index in [1.807, 2.05) is 6.07 Å². The van der Waals surface area contributed by atoms with Gasteiger partial charge in [0.2, 0.25) is 5.52 Å². The van der Waals surface area contributed by atoms with E-state index in [1.54, 1.807) is 41.9 Å². The third-order valence-electron chi connectivity index (χ3n) is 6.01. The Hall–Kier alpha value is -3.08. The molecule has 3 aromatic rings. The van der Waals surface area contributed by atoms with Crippen molar-refractivity contribution in [2.75, 3.05) is 18.0 Å². The van der Waals surface area contributed by atoms with E-state index in [9.17, 15) is 9.90 Å². The minimum Gasteiger partial charge on any atom is -0.508 e. The largest absolute Gasteiger partial charge is 0.508 e. The molecule has 1 aromatic carbocycles. The summed E-state index contributed by atoms with van der Waals surface area (Å²) in [5.41, 5.74) is 2.87. The fourth-order valence-electron chi connectivity index (χ4n) is 4.23. The van der Waals surface area contributed by atoms with Crippen LogP contribution in [0, 0.1) is 6.57 Å². The van der Waals surface area contributed by atoms with E-state index >= 15 is 0 Å². The first-order chi connectivity index (χ1) is 14.8. The van der Waals surface area contributed by atoms with Crippen LogP contribution >= 0.6 is 11.6 Å². The van der Waals surface area contributed by atoms with Crippen molar-refractivity contribution >= 4 is 34.1 Å². The molecule has 0 bridgehead atoms. The van der Waals surface area contributed by atoms with Crippen molar-refractivity contribution in [3.05, 3.63) is 68.8 Å². The van der Waals surface area contributed by atoms with E-state index in [1.165, 1.54) is 0 Å². The number of nitrogens with zero attached hydrogens (tertiary/aromatic N) is 5. The number of halogens is 1. The lowest BCUT2D eigenvalue weighted by Gasteiger charge is -2.45. The predicted molar refractivity (Wildman–Crippen MR) is 123 cm³/mol. The van der Waals surface area contributed by atoms with E-state index in [4.69, 9.17) is 18.2 Å². The molecule has 1 aliphatic rings. The molecule has 0 unspecified atom stereocenters. The first-order valence-electron chi connectivity index (χ1n) is 10.1. The van der Waals surface area contributed by atoms with E-state index in [-0.39, 0.29) is 23.4 Å². The number of fused-ring (bicyclic) bond motifs is 1. The van der Waals surface area contributed by atoms with Crippen molar-refractivity contribution in [1.82, 2.24) is 14.5 Å². The van der Waals surface area contributed by atoms with Gasteiger partial charge in [-0.25, -0.2) is 0 Å². The van der Waals surface area contributed by atoms with Gasteiger partial charge in [-0.15, -0.1) is 4.98 Å². The number of phenolic OH excluding ortho intramolecular Hbond substituents is 1. The Bertz CT molecular complexity index is 1250. The molecule has 160 valence electrons. The zero-order chi connectivity index (χ0) is 22.3. The Morgan fingerprint density at radius 1 is 1.19 bits per heavy atom. The van der Waals surface area contributed by atoms with Crippen molar-refractivity contribution < 1.29 is 5.11 Å². The number of aryl methyl sites for hydroxylation is 1. The van der Waals surface area contributed by atoms with Crippen LogP contribution in [0.2, 0.25) is 5.02 Å². The first-order valence-corrected chi connectivity index (χ1v) is 10.5. The minimum absolute atomic E-state index is 0.103. The summed E-state index contributed by atoms with van der Waals surface area (Å²) in [6, 6.07) is 10.5. The normalized spacial score (nSPS) is 19.5. The molecule has 31 heavy (non-hydrogen) atoms. The smallest absolute Gasteiger partial charge is 0.270 e. The van der Waals surface area contributed by atoms with Gasteiger partial charge in [0.15, 0.2) is 0 Å². The maximum absolute atomic E-state index is 12.6. The Balaban J connectivity index is 1.67. The van der Waals surface area contributed by atoms with Crippen molar-refractivity contribution in [2.45, 2.75) is 32.5 Å². The number of aromatic nitrogens is 2. The molecule has 2 atom stereocenters. The monoisotopic (exact) mass is 437 g/mol. The van der Waals surface area contributed by atoms with Gasteiger partial charge in [0.05, 0.1) is 11.2 Å². The van der Waals surface area contributed by atoms with Gasteiger partial charge in [0.1, 0.15) is 5.75 Å². The van der Waals surface area contributed by atoms with Crippen molar-refractivity contribution in [2.24, 2.45) is 7.05 Å². The minimum atomic E-state index is -0.103. The molecule has 0 saturated carbocycles. The topological polar surface area (TPSA) is 66.0 Å². The highest BCUT2D eigenvalue weighted by Gasteiger charge is 2.32. The Morgan fingerprint density at radius 2 is 1.97 bits per heavy atom. The second-order valence-corrected chi connectivity index (χ2v) is 8.57. The number of pyridine rings is 2. The maximum Gasteiger partial charge on any atom is 0.270 e. The zero-order valence-electron chi connectivity index (χ0n) is 17.7. The Kier molecular flexibility index (Phi) is 5.61. The van der Waals surface area contributed by atoms with Gasteiger partial charge >= 0.3 is 0 Å². The van der Waals surface area contributed by atoms with Gasteiger partial charge in [0, 0.05) is 55.4 Å². The predicted octanol–water partition coefficient (Wildman–Crippen LogP) is 3.94. The van der Waals surface area contributed by atoms with Crippen LogP contribution in [0.15, 0.2) is 41.2 Å². The summed E-state index contributed by atoms with van der Waals surface area (Å²) in [6.45, 7) is 13.6. The van der Waals surface area contributed by atoms with Gasteiger partial charge in [-0.3, -0.25) is 9.69 Å². The molecule has 1 aliphatic heterocycles. The quantitative estimate of drug-likeness (QED) is 0.628. The molecule has 1 saturated heterocycles. The van der Waals surface area contributed by atoms with Gasteiger partial charge in [-0.2, -0.15) is 0 Å². The number of benzene rings is 1. The third kappa shape index (κ3) is 3.97. The molecule has 0 aliphatic carbocycles. The molecule has 0 spiro atoms. The summed E-state index contributed by atoms with van der Waals surface area (Å²) in [6.07, 6.45) is 0. The number of anilines is 1. The first kappa shape index (κ1) is 21.2. The number of rotatable bonds is 3. The lowest BCUT2D eigenvalue weighted by atomic mass is 10.0. The summed E-state index contributed by atoms with van der Waals surface area (Å²) < 4.78 is 1.56. The van der Waals surface area contributed by atoms with Gasteiger partial charge in [-0.05, 0) is 38.1 Å². The third-order valence-corrected chi connectivity index (χ3v) is 6.25. The van der Waals surface area contributed by atoms with E-state index < -0.39 is 0 Å². The molecular formula is C23H24ClN5O2. The van der Waals surface area contributed by atoms with Crippen LogP contribution in [0.4, 0.5) is 11.5 Å². The number of phenols is 1. The summed E-state index contributed by atoms with van der Waals surface area (Å²) >= 11 is 5.96. The van der Waals surface area contributed by atoms with Crippen LogP contribution < -0.4 is 10.5 Å². The highest BCUT2D eigenvalue weighted by atomic mass is 35.5. The molecule has 2 aromatic heterocycles. The fraction of sp³-hybridized carbons (Fsp3) is 0.348. The lowest BCUT2D eigenvalue weighted by Crippen LogP contribution is -2.56. The molecule has 0 amide bonds. The molecule has 0 radical (unpaired) electrons. The van der Waals surface area contributed by atoms with Crippen molar-refractivity contribution in [3.63, 3.8) is 0 Å².